The summed E-state index contributed by atoms with van der Waals surface area (Å²) >= 11 is 0. The van der Waals surface area contributed by atoms with Crippen LogP contribution in [0.4, 0.5) is 4.39 Å². The second-order valence-electron chi connectivity index (χ2n) is 5.32. The highest BCUT2D eigenvalue weighted by atomic mass is 19.1. The molecule has 0 aliphatic carbocycles. The number of benzene rings is 1. The number of rotatable bonds is 4. The van der Waals surface area contributed by atoms with Crippen molar-refractivity contribution in [1.29, 1.82) is 0 Å². The molecular weight excluding hydrogens is 269 g/mol. The molecule has 1 N–H and O–H groups in total. The van der Waals surface area contributed by atoms with Crippen LogP contribution in [-0.4, -0.2) is 22.0 Å². The van der Waals surface area contributed by atoms with Gasteiger partial charge in [-0.25, -0.2) is 9.37 Å². The predicted molar refractivity (Wildman–Crippen MR) is 77.6 cm³/mol. The third kappa shape index (κ3) is 3.29. The van der Waals surface area contributed by atoms with Crippen LogP contribution in [0.25, 0.3) is 0 Å². The number of fused-ring (bicyclic) bond motifs is 1. The van der Waals surface area contributed by atoms with Gasteiger partial charge in [0.2, 0.25) is 0 Å². The molecule has 5 heteroatoms. The number of imidazole rings is 1. The summed E-state index contributed by atoms with van der Waals surface area (Å²) in [6, 6.07) is 5.71. The quantitative estimate of drug-likeness (QED) is 0.938. The Labute approximate surface area is 123 Å². The summed E-state index contributed by atoms with van der Waals surface area (Å²) in [5, 5.41) is 2.80. The molecule has 1 aromatic heterocycles. The molecule has 2 heterocycles. The van der Waals surface area contributed by atoms with Crippen molar-refractivity contribution in [2.24, 2.45) is 0 Å². The summed E-state index contributed by atoms with van der Waals surface area (Å²) in [5.74, 6) is 0.496. The van der Waals surface area contributed by atoms with Crippen LogP contribution >= 0.6 is 0 Å². The van der Waals surface area contributed by atoms with Crippen molar-refractivity contribution in [3.8, 4) is 0 Å². The van der Waals surface area contributed by atoms with Gasteiger partial charge in [0, 0.05) is 37.7 Å². The van der Waals surface area contributed by atoms with Crippen LogP contribution in [0.15, 0.2) is 30.5 Å². The molecule has 0 saturated heterocycles. The Bertz CT molecular complexity index is 627. The number of aryl methyl sites for hydroxylation is 2. The van der Waals surface area contributed by atoms with Crippen molar-refractivity contribution >= 4 is 5.91 Å². The first-order chi connectivity index (χ1) is 10.2. The minimum atomic E-state index is -0.399. The molecule has 110 valence electrons. The van der Waals surface area contributed by atoms with Crippen molar-refractivity contribution in [2.45, 2.75) is 32.2 Å². The van der Waals surface area contributed by atoms with Gasteiger partial charge in [-0.3, -0.25) is 4.79 Å². The van der Waals surface area contributed by atoms with E-state index in [9.17, 15) is 9.18 Å². The Balaban J connectivity index is 1.54. The van der Waals surface area contributed by atoms with Crippen molar-refractivity contribution in [3.05, 3.63) is 53.4 Å². The Morgan fingerprint density at radius 2 is 2.29 bits per heavy atom. The van der Waals surface area contributed by atoms with E-state index in [1.165, 1.54) is 31.0 Å². The third-order valence-electron chi connectivity index (χ3n) is 3.71. The molecule has 0 bridgehead atoms. The number of hydrogen-bond donors (Lipinski definition) is 1. The summed E-state index contributed by atoms with van der Waals surface area (Å²) in [6.45, 7) is 1.55. The highest BCUT2D eigenvalue weighted by molar-refractivity contribution is 5.94. The largest absolute Gasteiger partial charge is 0.352 e. The van der Waals surface area contributed by atoms with Gasteiger partial charge in [0.05, 0.1) is 5.69 Å². The fraction of sp³-hybridized carbons (Fsp3) is 0.375. The van der Waals surface area contributed by atoms with E-state index in [4.69, 9.17) is 0 Å². The fourth-order valence-electron chi connectivity index (χ4n) is 2.63. The zero-order valence-electron chi connectivity index (χ0n) is 11.8. The molecule has 0 fully saturated rings. The second kappa shape index (κ2) is 6.08. The lowest BCUT2D eigenvalue weighted by atomic mass is 10.2. The predicted octanol–water partition coefficient (Wildman–Crippen LogP) is 2.33. The molecule has 1 amide bonds. The molecule has 21 heavy (non-hydrogen) atoms. The molecule has 0 unspecified atom stereocenters. The summed E-state index contributed by atoms with van der Waals surface area (Å²) in [7, 11) is 0. The fourth-order valence-corrected chi connectivity index (χ4v) is 2.63. The molecule has 0 spiro atoms. The summed E-state index contributed by atoms with van der Waals surface area (Å²) in [4.78, 5) is 16.5. The number of hydrogen-bond acceptors (Lipinski definition) is 2. The third-order valence-corrected chi connectivity index (χ3v) is 3.71. The summed E-state index contributed by atoms with van der Waals surface area (Å²) < 4.78 is 15.3. The van der Waals surface area contributed by atoms with Crippen LogP contribution in [0.3, 0.4) is 0 Å². The van der Waals surface area contributed by atoms with E-state index in [0.29, 0.717) is 18.5 Å². The van der Waals surface area contributed by atoms with Crippen LogP contribution in [0.2, 0.25) is 0 Å². The highest BCUT2D eigenvalue weighted by Gasteiger charge is 2.12. The molecule has 1 aromatic carbocycles. The van der Waals surface area contributed by atoms with Crippen molar-refractivity contribution < 1.29 is 9.18 Å². The van der Waals surface area contributed by atoms with Gasteiger partial charge in [-0.15, -0.1) is 0 Å². The average molecular weight is 287 g/mol. The molecule has 1 aliphatic rings. The van der Waals surface area contributed by atoms with Gasteiger partial charge in [-0.2, -0.15) is 0 Å². The molecule has 4 nitrogen and oxygen atoms in total. The molecule has 0 saturated carbocycles. The molecule has 0 atom stereocenters. The van der Waals surface area contributed by atoms with Gasteiger partial charge in [0.1, 0.15) is 11.6 Å². The maximum absolute atomic E-state index is 13.1. The minimum absolute atomic E-state index is 0.251. The van der Waals surface area contributed by atoms with Crippen molar-refractivity contribution in [2.75, 3.05) is 6.54 Å². The maximum atomic E-state index is 13.1. The first-order valence-corrected chi connectivity index (χ1v) is 7.31. The Hall–Kier alpha value is -2.17. The van der Waals surface area contributed by atoms with Crippen LogP contribution in [-0.2, 0) is 19.4 Å². The topological polar surface area (TPSA) is 46.9 Å². The maximum Gasteiger partial charge on any atom is 0.251 e. The number of amides is 1. The van der Waals surface area contributed by atoms with Crippen LogP contribution in [0.1, 0.15) is 34.7 Å². The molecule has 3 rings (SSSR count). The van der Waals surface area contributed by atoms with Gasteiger partial charge in [-0.05, 0) is 31.0 Å². The van der Waals surface area contributed by atoms with Gasteiger partial charge < -0.3 is 9.88 Å². The first-order valence-electron chi connectivity index (χ1n) is 7.31. The lowest BCUT2D eigenvalue weighted by Crippen LogP contribution is -2.25. The number of halogens is 1. The van der Waals surface area contributed by atoms with E-state index in [1.54, 1.807) is 6.07 Å². The number of nitrogens with zero attached hydrogens (tertiary/aromatic N) is 2. The van der Waals surface area contributed by atoms with E-state index < -0.39 is 5.82 Å². The standard InChI is InChI=1S/C16H18FN3O/c17-13-5-3-4-12(10-13)16(21)18-8-7-14-11-20-9-2-1-6-15(20)19-14/h3-5,10-11H,1-2,6-9H2,(H,18,21). The first kappa shape index (κ1) is 13.8. The lowest BCUT2D eigenvalue weighted by molar-refractivity contribution is 0.0953. The highest BCUT2D eigenvalue weighted by Crippen LogP contribution is 2.14. The normalized spacial score (nSPS) is 13.8. The SMILES string of the molecule is O=C(NCCc1cn2c(n1)CCCC2)c1cccc(F)c1. The Morgan fingerprint density at radius 1 is 1.38 bits per heavy atom. The van der Waals surface area contributed by atoms with E-state index in [1.807, 2.05) is 0 Å². The van der Waals surface area contributed by atoms with Crippen LogP contribution in [0.5, 0.6) is 0 Å². The molecule has 1 aliphatic heterocycles. The lowest BCUT2D eigenvalue weighted by Gasteiger charge is -2.11. The van der Waals surface area contributed by atoms with E-state index >= 15 is 0 Å². The number of aromatic nitrogens is 2. The zero-order valence-corrected chi connectivity index (χ0v) is 11.8. The van der Waals surface area contributed by atoms with Gasteiger partial charge in [0.15, 0.2) is 0 Å². The van der Waals surface area contributed by atoms with Crippen LogP contribution < -0.4 is 5.32 Å². The number of nitrogens with one attached hydrogen (secondary N) is 1. The smallest absolute Gasteiger partial charge is 0.251 e. The van der Waals surface area contributed by atoms with Gasteiger partial charge in [-0.1, -0.05) is 6.07 Å². The van der Waals surface area contributed by atoms with Crippen molar-refractivity contribution in [3.63, 3.8) is 0 Å². The zero-order chi connectivity index (χ0) is 14.7. The Morgan fingerprint density at radius 3 is 3.10 bits per heavy atom. The number of carbonyl (C=O) groups excluding carboxylic acids is 1. The average Bonchev–Trinajstić information content (AvgIpc) is 2.89. The van der Waals surface area contributed by atoms with E-state index in [-0.39, 0.29) is 5.91 Å². The monoisotopic (exact) mass is 287 g/mol. The second-order valence-corrected chi connectivity index (χ2v) is 5.32. The molecule has 2 aromatic rings. The molecule has 0 radical (unpaired) electrons. The number of carbonyl (C=O) groups is 1. The van der Waals surface area contributed by atoms with Crippen molar-refractivity contribution in [1.82, 2.24) is 14.9 Å². The summed E-state index contributed by atoms with van der Waals surface area (Å²) in [5.41, 5.74) is 1.35. The molecular formula is C16H18FN3O. The van der Waals surface area contributed by atoms with Crippen LogP contribution in [0, 0.1) is 5.82 Å². The van der Waals surface area contributed by atoms with Gasteiger partial charge >= 0.3 is 0 Å². The Kier molecular flexibility index (Phi) is 3.99. The minimum Gasteiger partial charge on any atom is -0.352 e. The van der Waals surface area contributed by atoms with E-state index in [2.05, 4.69) is 21.1 Å². The van der Waals surface area contributed by atoms with E-state index in [0.717, 1.165) is 24.5 Å². The summed E-state index contributed by atoms with van der Waals surface area (Å²) in [6.07, 6.45) is 6.21. The van der Waals surface area contributed by atoms with Gasteiger partial charge in [0.25, 0.3) is 5.91 Å².